The zero-order valence-corrected chi connectivity index (χ0v) is 12.0. The topological polar surface area (TPSA) is 68.3 Å². The second-order valence-corrected chi connectivity index (χ2v) is 3.16. The minimum atomic E-state index is -0.180. The molecule has 0 saturated carbocycles. The Balaban J connectivity index is -0.000000656. The molecule has 0 aromatic rings. The summed E-state index contributed by atoms with van der Waals surface area (Å²) < 4.78 is 0. The number of rotatable bonds is 8. The molecule has 110 valence electrons. The number of aldehydes is 3. The summed E-state index contributed by atoms with van der Waals surface area (Å²) in [6, 6.07) is 0. The maximum absolute atomic E-state index is 11.2. The van der Waals surface area contributed by atoms with Gasteiger partial charge in [0.15, 0.2) is 5.78 Å². The highest BCUT2D eigenvalue weighted by Crippen LogP contribution is 2.11. The van der Waals surface area contributed by atoms with Crippen LogP contribution in [0.4, 0.5) is 0 Å². The number of ketones is 1. The van der Waals surface area contributed by atoms with E-state index in [1.54, 1.807) is 0 Å². The summed E-state index contributed by atoms with van der Waals surface area (Å²) in [5.41, 5.74) is 0.788. The van der Waals surface area contributed by atoms with Crippen molar-refractivity contribution < 1.29 is 19.2 Å². The maximum atomic E-state index is 11.2. The Kier molecular flexibility index (Phi) is 21.6. The molecule has 0 aliphatic rings. The fourth-order valence-corrected chi connectivity index (χ4v) is 1.11. The molecule has 0 N–H and O–H groups in total. The van der Waals surface area contributed by atoms with Crippen LogP contribution >= 0.6 is 0 Å². The van der Waals surface area contributed by atoms with Gasteiger partial charge in [-0.1, -0.05) is 12.2 Å². The van der Waals surface area contributed by atoms with Gasteiger partial charge in [-0.3, -0.25) is 9.59 Å². The van der Waals surface area contributed by atoms with E-state index >= 15 is 0 Å². The summed E-state index contributed by atoms with van der Waals surface area (Å²) in [7, 11) is 0. The third-order valence-corrected chi connectivity index (χ3v) is 1.93. The van der Waals surface area contributed by atoms with Gasteiger partial charge in [-0.05, 0) is 18.1 Å². The molecule has 4 nitrogen and oxygen atoms in total. The Bertz CT molecular complexity index is 363. The van der Waals surface area contributed by atoms with E-state index in [4.69, 9.17) is 0 Å². The van der Waals surface area contributed by atoms with E-state index in [1.165, 1.54) is 19.1 Å². The smallest absolute Gasteiger partial charge is 0.155 e. The minimum Gasteiger partial charge on any atom is -0.303 e. The van der Waals surface area contributed by atoms with Gasteiger partial charge in [0.05, 0.1) is 0 Å². The molecule has 0 aromatic heterocycles. The van der Waals surface area contributed by atoms with E-state index in [9.17, 15) is 19.2 Å². The van der Waals surface area contributed by atoms with Crippen LogP contribution in [0.1, 0.15) is 26.2 Å². The molecule has 0 aliphatic heterocycles. The fourth-order valence-electron chi connectivity index (χ4n) is 1.11. The highest BCUT2D eigenvalue weighted by atomic mass is 16.1. The lowest BCUT2D eigenvalue weighted by Gasteiger charge is -2.02. The first-order valence-corrected chi connectivity index (χ1v) is 5.87. The zero-order valence-electron chi connectivity index (χ0n) is 12.0. The van der Waals surface area contributed by atoms with Crippen molar-refractivity contribution in [2.45, 2.75) is 26.2 Å². The molecule has 0 rings (SSSR count). The SMILES string of the molecule is C=C.C=C.CC(=O)/C(=C/CC=O)C/C(C=O)=C\CC=O. The number of hydrogen-bond donors (Lipinski definition) is 0. The van der Waals surface area contributed by atoms with Gasteiger partial charge in [0, 0.05) is 19.3 Å². The number of carbonyl (C=O) groups excluding carboxylic acids is 4. The summed E-state index contributed by atoms with van der Waals surface area (Å²) in [6.45, 7) is 13.4. The normalized spacial score (nSPS) is 10.1. The summed E-state index contributed by atoms with van der Waals surface area (Å²) in [5.74, 6) is -0.180. The van der Waals surface area contributed by atoms with Gasteiger partial charge in [-0.25, -0.2) is 0 Å². The lowest BCUT2D eigenvalue weighted by molar-refractivity contribution is -0.113. The molecule has 0 unspecified atom stereocenters. The van der Waals surface area contributed by atoms with E-state index < -0.39 is 0 Å². The third-order valence-electron chi connectivity index (χ3n) is 1.93. The second kappa shape index (κ2) is 19.0. The first-order chi connectivity index (χ1) is 9.65. The molecule has 0 radical (unpaired) electrons. The van der Waals surface area contributed by atoms with Crippen molar-refractivity contribution in [3.8, 4) is 0 Å². The molecule has 0 saturated heterocycles. The molecule has 0 aromatic carbocycles. The highest BCUT2D eigenvalue weighted by Gasteiger charge is 2.06. The Hall–Kier alpha value is -2.36. The molecule has 0 fully saturated rings. The van der Waals surface area contributed by atoms with Crippen molar-refractivity contribution in [2.24, 2.45) is 0 Å². The van der Waals surface area contributed by atoms with Crippen LogP contribution in [0, 0.1) is 0 Å². The average molecular weight is 278 g/mol. The van der Waals surface area contributed by atoms with Crippen LogP contribution in [-0.2, 0) is 19.2 Å². The van der Waals surface area contributed by atoms with Crippen LogP contribution in [-0.4, -0.2) is 24.6 Å². The molecule has 20 heavy (non-hydrogen) atoms. The Morgan fingerprint density at radius 2 is 1.35 bits per heavy atom. The fraction of sp³-hybridized carbons (Fsp3) is 0.250. The van der Waals surface area contributed by atoms with Crippen molar-refractivity contribution in [1.29, 1.82) is 0 Å². The maximum Gasteiger partial charge on any atom is 0.155 e. The molecule has 0 heterocycles. The van der Waals surface area contributed by atoms with Crippen molar-refractivity contribution in [2.75, 3.05) is 0 Å². The lowest BCUT2D eigenvalue weighted by atomic mass is 10.0. The van der Waals surface area contributed by atoms with Crippen LogP contribution < -0.4 is 0 Å². The first kappa shape index (κ1) is 22.8. The quantitative estimate of drug-likeness (QED) is 0.389. The Labute approximate surface area is 120 Å². The largest absolute Gasteiger partial charge is 0.303 e. The molecule has 0 atom stereocenters. The number of allylic oxidation sites excluding steroid dienone is 4. The monoisotopic (exact) mass is 278 g/mol. The Morgan fingerprint density at radius 3 is 1.70 bits per heavy atom. The predicted octanol–water partition coefficient (Wildman–Crippen LogP) is 2.80. The van der Waals surface area contributed by atoms with Crippen LogP contribution in [0.2, 0.25) is 0 Å². The van der Waals surface area contributed by atoms with Crippen LogP contribution in [0.25, 0.3) is 0 Å². The summed E-state index contributed by atoms with van der Waals surface area (Å²) in [6.07, 6.45) is 5.39. The molecule has 0 aliphatic carbocycles. The minimum absolute atomic E-state index is 0.146. The van der Waals surface area contributed by atoms with Gasteiger partial charge >= 0.3 is 0 Å². The van der Waals surface area contributed by atoms with Crippen molar-refractivity contribution >= 4 is 24.6 Å². The molecule has 0 spiro atoms. The third kappa shape index (κ3) is 13.7. The van der Waals surface area contributed by atoms with Gasteiger partial charge in [-0.2, -0.15) is 0 Å². The van der Waals surface area contributed by atoms with E-state index in [1.807, 2.05) is 0 Å². The van der Waals surface area contributed by atoms with E-state index in [2.05, 4.69) is 26.3 Å². The highest BCUT2D eigenvalue weighted by molar-refractivity contribution is 5.95. The molecular formula is C16H22O4. The van der Waals surface area contributed by atoms with E-state index in [-0.39, 0.29) is 25.0 Å². The van der Waals surface area contributed by atoms with Crippen LogP contribution in [0.3, 0.4) is 0 Å². The van der Waals surface area contributed by atoms with Crippen molar-refractivity contribution in [3.05, 3.63) is 49.6 Å². The van der Waals surface area contributed by atoms with Gasteiger partial charge < -0.3 is 9.59 Å². The van der Waals surface area contributed by atoms with Gasteiger partial charge in [-0.15, -0.1) is 26.3 Å². The second-order valence-electron chi connectivity index (χ2n) is 3.16. The first-order valence-electron chi connectivity index (χ1n) is 5.87. The predicted molar refractivity (Wildman–Crippen MR) is 81.4 cm³/mol. The van der Waals surface area contributed by atoms with E-state index in [0.717, 1.165) is 0 Å². The van der Waals surface area contributed by atoms with Gasteiger partial charge in [0.25, 0.3) is 0 Å². The van der Waals surface area contributed by atoms with E-state index in [0.29, 0.717) is 30.0 Å². The van der Waals surface area contributed by atoms with Crippen LogP contribution in [0.15, 0.2) is 49.6 Å². The standard InChI is InChI=1S/C12H14O4.2C2H4/c1-10(16)12(5-3-7-14)8-11(9-15)4-2-6-13;2*1-2/h4-7,9H,2-3,8H2,1H3;2*1-2H2/b11-4+,12-5+;;. The van der Waals surface area contributed by atoms with Crippen LogP contribution in [0.5, 0.6) is 0 Å². The lowest BCUT2D eigenvalue weighted by Crippen LogP contribution is -2.00. The Morgan fingerprint density at radius 1 is 0.900 bits per heavy atom. The van der Waals surface area contributed by atoms with Crippen molar-refractivity contribution in [1.82, 2.24) is 0 Å². The number of carbonyl (C=O) groups is 4. The summed E-state index contributed by atoms with van der Waals surface area (Å²) in [5, 5.41) is 0. The van der Waals surface area contributed by atoms with Gasteiger partial charge in [0.2, 0.25) is 0 Å². The summed E-state index contributed by atoms with van der Waals surface area (Å²) in [4.78, 5) is 42.1. The molecule has 4 heteroatoms. The summed E-state index contributed by atoms with van der Waals surface area (Å²) >= 11 is 0. The average Bonchev–Trinajstić information content (AvgIpc) is 2.50. The molecule has 0 bridgehead atoms. The molecule has 0 amide bonds. The van der Waals surface area contributed by atoms with Crippen molar-refractivity contribution in [3.63, 3.8) is 0 Å². The zero-order chi connectivity index (χ0) is 16.4. The number of Topliss-reactive ketones (excluding diaryl/α,β-unsaturated/α-hetero) is 1. The number of hydrogen-bond acceptors (Lipinski definition) is 4. The molecular weight excluding hydrogens is 256 g/mol. The van der Waals surface area contributed by atoms with Gasteiger partial charge in [0.1, 0.15) is 18.9 Å².